The van der Waals surface area contributed by atoms with E-state index < -0.39 is 0 Å². The van der Waals surface area contributed by atoms with Gasteiger partial charge in [0.15, 0.2) is 11.5 Å². The molecule has 5 heteroatoms. The van der Waals surface area contributed by atoms with E-state index in [1.54, 1.807) is 12.1 Å². The van der Waals surface area contributed by atoms with Crippen LogP contribution in [0.5, 0.6) is 11.5 Å². The first-order valence-corrected chi connectivity index (χ1v) is 7.94. The molecule has 114 valence electrons. The summed E-state index contributed by atoms with van der Waals surface area (Å²) >= 11 is 3.35. The highest BCUT2D eigenvalue weighted by atomic mass is 79.9. The monoisotopic (exact) mass is 361 g/mol. The van der Waals surface area contributed by atoms with E-state index in [0.29, 0.717) is 25.3 Å². The van der Waals surface area contributed by atoms with Gasteiger partial charge in [-0.2, -0.15) is 0 Å². The molecule has 0 radical (unpaired) electrons. The van der Waals surface area contributed by atoms with Crippen LogP contribution in [-0.2, 0) is 6.42 Å². The van der Waals surface area contributed by atoms with E-state index in [0.717, 1.165) is 28.0 Å². The maximum absolute atomic E-state index is 12.0. The SMILES string of the molecule is O=C(NCCc1ccc2c(c1)OCCO2)c1ccc(Br)cc1. The summed E-state index contributed by atoms with van der Waals surface area (Å²) in [5, 5.41) is 2.92. The zero-order valence-electron chi connectivity index (χ0n) is 12.0. The Morgan fingerprint density at radius 2 is 1.77 bits per heavy atom. The van der Waals surface area contributed by atoms with E-state index in [9.17, 15) is 4.79 Å². The molecule has 0 bridgehead atoms. The molecule has 1 aliphatic heterocycles. The van der Waals surface area contributed by atoms with Crippen molar-refractivity contribution >= 4 is 21.8 Å². The Morgan fingerprint density at radius 1 is 1.05 bits per heavy atom. The van der Waals surface area contributed by atoms with Crippen LogP contribution < -0.4 is 14.8 Å². The second-order valence-electron chi connectivity index (χ2n) is 4.99. The van der Waals surface area contributed by atoms with Gasteiger partial charge in [0.05, 0.1) is 0 Å². The summed E-state index contributed by atoms with van der Waals surface area (Å²) in [6.45, 7) is 1.75. The fraction of sp³-hybridized carbons (Fsp3) is 0.235. The number of amides is 1. The number of rotatable bonds is 4. The van der Waals surface area contributed by atoms with Gasteiger partial charge in [0.25, 0.3) is 5.91 Å². The van der Waals surface area contributed by atoms with Crippen molar-refractivity contribution in [1.82, 2.24) is 5.32 Å². The number of nitrogens with one attached hydrogen (secondary N) is 1. The third-order valence-corrected chi connectivity index (χ3v) is 3.94. The van der Waals surface area contributed by atoms with E-state index in [2.05, 4.69) is 21.2 Å². The first-order valence-electron chi connectivity index (χ1n) is 7.15. The predicted molar refractivity (Wildman–Crippen MR) is 87.6 cm³/mol. The summed E-state index contributed by atoms with van der Waals surface area (Å²) < 4.78 is 12.0. The van der Waals surface area contributed by atoms with Crippen molar-refractivity contribution in [2.24, 2.45) is 0 Å². The third kappa shape index (κ3) is 3.60. The smallest absolute Gasteiger partial charge is 0.251 e. The van der Waals surface area contributed by atoms with Gasteiger partial charge in [-0.05, 0) is 48.4 Å². The number of carbonyl (C=O) groups is 1. The molecule has 0 aromatic heterocycles. The lowest BCUT2D eigenvalue weighted by atomic mass is 10.1. The normalized spacial score (nSPS) is 12.8. The Kier molecular flexibility index (Phi) is 4.63. The average Bonchev–Trinajstić information content (AvgIpc) is 2.55. The highest BCUT2D eigenvalue weighted by Crippen LogP contribution is 2.30. The number of hydrogen-bond acceptors (Lipinski definition) is 3. The quantitative estimate of drug-likeness (QED) is 0.909. The average molecular weight is 362 g/mol. The van der Waals surface area contributed by atoms with Crippen molar-refractivity contribution in [3.63, 3.8) is 0 Å². The van der Waals surface area contributed by atoms with Gasteiger partial charge >= 0.3 is 0 Å². The van der Waals surface area contributed by atoms with Gasteiger partial charge in [0, 0.05) is 16.6 Å². The molecular formula is C17H16BrNO3. The largest absolute Gasteiger partial charge is 0.486 e. The molecule has 2 aromatic carbocycles. The molecule has 3 rings (SSSR count). The van der Waals surface area contributed by atoms with Crippen molar-refractivity contribution in [2.45, 2.75) is 6.42 Å². The molecule has 0 saturated carbocycles. The Morgan fingerprint density at radius 3 is 2.55 bits per heavy atom. The van der Waals surface area contributed by atoms with Crippen molar-refractivity contribution in [2.75, 3.05) is 19.8 Å². The molecule has 1 amide bonds. The number of fused-ring (bicyclic) bond motifs is 1. The number of halogens is 1. The van der Waals surface area contributed by atoms with E-state index in [-0.39, 0.29) is 5.91 Å². The lowest BCUT2D eigenvalue weighted by Crippen LogP contribution is -2.25. The van der Waals surface area contributed by atoms with Crippen LogP contribution in [0.15, 0.2) is 46.9 Å². The van der Waals surface area contributed by atoms with Gasteiger partial charge in [0.1, 0.15) is 13.2 Å². The summed E-state index contributed by atoms with van der Waals surface area (Å²) in [7, 11) is 0. The van der Waals surface area contributed by atoms with E-state index >= 15 is 0 Å². The van der Waals surface area contributed by atoms with E-state index in [1.807, 2.05) is 30.3 Å². The van der Waals surface area contributed by atoms with Crippen LogP contribution >= 0.6 is 15.9 Å². The Bertz CT molecular complexity index is 670. The molecule has 0 fully saturated rings. The van der Waals surface area contributed by atoms with E-state index in [1.165, 1.54) is 0 Å². The molecule has 0 saturated heterocycles. The standard InChI is InChI=1S/C17H16BrNO3/c18-14-4-2-13(3-5-14)17(20)19-8-7-12-1-6-15-16(11-12)22-10-9-21-15/h1-6,11H,7-10H2,(H,19,20). The van der Waals surface area contributed by atoms with E-state index in [4.69, 9.17) is 9.47 Å². The van der Waals surface area contributed by atoms with Gasteiger partial charge in [-0.25, -0.2) is 0 Å². The lowest BCUT2D eigenvalue weighted by molar-refractivity contribution is 0.0954. The van der Waals surface area contributed by atoms with Gasteiger partial charge < -0.3 is 14.8 Å². The van der Waals surface area contributed by atoms with Crippen molar-refractivity contribution in [3.05, 3.63) is 58.1 Å². The maximum atomic E-state index is 12.0. The molecule has 0 aliphatic carbocycles. The number of carbonyl (C=O) groups excluding carboxylic acids is 1. The molecule has 1 heterocycles. The fourth-order valence-corrected chi connectivity index (χ4v) is 2.53. The summed E-state index contributed by atoms with van der Waals surface area (Å²) in [5.74, 6) is 1.50. The minimum Gasteiger partial charge on any atom is -0.486 e. The van der Waals surface area contributed by atoms with Crippen molar-refractivity contribution < 1.29 is 14.3 Å². The minimum absolute atomic E-state index is 0.0648. The highest BCUT2D eigenvalue weighted by molar-refractivity contribution is 9.10. The van der Waals surface area contributed by atoms with Gasteiger partial charge in [0.2, 0.25) is 0 Å². The molecule has 0 unspecified atom stereocenters. The Balaban J connectivity index is 1.54. The van der Waals surface area contributed by atoms with Crippen LogP contribution in [0.2, 0.25) is 0 Å². The maximum Gasteiger partial charge on any atom is 0.251 e. The van der Waals surface area contributed by atoms with Crippen molar-refractivity contribution in [1.29, 1.82) is 0 Å². The first kappa shape index (κ1) is 14.9. The number of ether oxygens (including phenoxy) is 2. The molecular weight excluding hydrogens is 346 g/mol. The molecule has 0 atom stereocenters. The molecule has 22 heavy (non-hydrogen) atoms. The fourth-order valence-electron chi connectivity index (χ4n) is 2.27. The van der Waals surface area contributed by atoms with Gasteiger partial charge in [-0.3, -0.25) is 4.79 Å². The van der Waals surface area contributed by atoms with Crippen LogP contribution in [-0.4, -0.2) is 25.7 Å². The Labute approximate surface area is 137 Å². The third-order valence-electron chi connectivity index (χ3n) is 3.41. The molecule has 4 nitrogen and oxygen atoms in total. The first-order chi connectivity index (χ1) is 10.7. The minimum atomic E-state index is -0.0648. The van der Waals surface area contributed by atoms with Gasteiger partial charge in [-0.15, -0.1) is 0 Å². The second-order valence-corrected chi connectivity index (χ2v) is 5.91. The number of benzene rings is 2. The molecule has 1 aliphatic rings. The van der Waals surface area contributed by atoms with Crippen LogP contribution in [0, 0.1) is 0 Å². The number of hydrogen-bond donors (Lipinski definition) is 1. The lowest BCUT2D eigenvalue weighted by Gasteiger charge is -2.18. The van der Waals surface area contributed by atoms with Crippen LogP contribution in [0.4, 0.5) is 0 Å². The Hall–Kier alpha value is -2.01. The molecule has 1 N–H and O–H groups in total. The summed E-state index contributed by atoms with van der Waals surface area (Å²) in [4.78, 5) is 12.0. The van der Waals surface area contributed by atoms with Gasteiger partial charge in [-0.1, -0.05) is 22.0 Å². The summed E-state index contributed by atoms with van der Waals surface area (Å²) in [5.41, 5.74) is 1.77. The second kappa shape index (κ2) is 6.83. The zero-order valence-corrected chi connectivity index (χ0v) is 13.6. The molecule has 2 aromatic rings. The van der Waals surface area contributed by atoms with Crippen LogP contribution in [0.25, 0.3) is 0 Å². The topological polar surface area (TPSA) is 47.6 Å². The van der Waals surface area contributed by atoms with Crippen molar-refractivity contribution in [3.8, 4) is 11.5 Å². The molecule has 0 spiro atoms. The highest BCUT2D eigenvalue weighted by Gasteiger charge is 2.11. The zero-order chi connectivity index (χ0) is 15.4. The summed E-state index contributed by atoms with van der Waals surface area (Å²) in [6.07, 6.45) is 0.749. The van der Waals surface area contributed by atoms with Crippen LogP contribution in [0.3, 0.4) is 0 Å². The van der Waals surface area contributed by atoms with Crippen LogP contribution in [0.1, 0.15) is 15.9 Å². The summed E-state index contributed by atoms with van der Waals surface area (Å²) in [6, 6.07) is 13.2. The predicted octanol–water partition coefficient (Wildman–Crippen LogP) is 3.19.